The predicted octanol–water partition coefficient (Wildman–Crippen LogP) is 1.98. The van der Waals surface area contributed by atoms with E-state index in [0.717, 1.165) is 11.6 Å². The van der Waals surface area contributed by atoms with Crippen molar-refractivity contribution in [3.05, 3.63) is 63.4 Å². The van der Waals surface area contributed by atoms with Crippen molar-refractivity contribution in [3.8, 4) is 0 Å². The van der Waals surface area contributed by atoms with Gasteiger partial charge >= 0.3 is 0 Å². The minimum absolute atomic E-state index is 0.106. The Hall–Kier alpha value is -2.07. The molecule has 25 heavy (non-hydrogen) atoms. The van der Waals surface area contributed by atoms with Crippen LogP contribution in [0.5, 0.6) is 0 Å². The summed E-state index contributed by atoms with van der Waals surface area (Å²) in [5.74, 6) is 0. The lowest BCUT2D eigenvalue weighted by atomic mass is 10.1. The highest BCUT2D eigenvalue weighted by Gasteiger charge is 2.38. The molecule has 132 valence electrons. The average molecular weight is 383 g/mol. The summed E-state index contributed by atoms with van der Waals surface area (Å²) in [6, 6.07) is 6.57. The highest BCUT2D eigenvalue weighted by Crippen LogP contribution is 2.34. The second-order valence-corrected chi connectivity index (χ2v) is 7.79. The topological polar surface area (TPSA) is 105 Å². The first-order chi connectivity index (χ1) is 11.9. The van der Waals surface area contributed by atoms with Crippen molar-refractivity contribution < 1.29 is 13.3 Å². The van der Waals surface area contributed by atoms with Gasteiger partial charge in [0.15, 0.2) is 4.90 Å². The van der Waals surface area contributed by atoms with Crippen LogP contribution >= 0.6 is 11.6 Å². The van der Waals surface area contributed by atoms with Gasteiger partial charge in [-0.25, -0.2) is 8.42 Å². The van der Waals surface area contributed by atoms with Crippen LogP contribution in [0.1, 0.15) is 11.6 Å². The van der Waals surface area contributed by atoms with E-state index in [0.29, 0.717) is 13.1 Å². The van der Waals surface area contributed by atoms with E-state index < -0.39 is 26.7 Å². The largest absolute Gasteiger partial charge is 0.313 e. The zero-order chi connectivity index (χ0) is 18.0. The molecule has 1 unspecified atom stereocenters. The third-order valence-electron chi connectivity index (χ3n) is 3.97. The van der Waals surface area contributed by atoms with Crippen LogP contribution < -0.4 is 5.32 Å². The number of pyridine rings is 1. The van der Waals surface area contributed by atoms with Crippen molar-refractivity contribution >= 4 is 27.3 Å². The molecule has 1 saturated heterocycles. The molecule has 2 aromatic rings. The standard InChI is InChI=1S/C15H15ClN4O4S/c16-12-3-4-15(13(8-12)20(21)22)25(23,24)19-7-6-18-10-14(19)11-2-1-5-17-9-11/h1-5,8-9,14,18H,6-7,10H2. The number of nitrogens with zero attached hydrogens (tertiary/aromatic N) is 3. The van der Waals surface area contributed by atoms with Crippen LogP contribution in [0, 0.1) is 10.1 Å². The maximum absolute atomic E-state index is 13.1. The summed E-state index contributed by atoms with van der Waals surface area (Å²) in [6.45, 7) is 1.05. The molecule has 1 aliphatic heterocycles. The molecule has 0 radical (unpaired) electrons. The minimum atomic E-state index is -4.09. The first kappa shape index (κ1) is 17.7. The molecule has 0 bridgehead atoms. The number of benzene rings is 1. The molecule has 1 aliphatic rings. The lowest BCUT2D eigenvalue weighted by molar-refractivity contribution is -0.387. The van der Waals surface area contributed by atoms with Gasteiger partial charge in [-0.2, -0.15) is 4.31 Å². The van der Waals surface area contributed by atoms with E-state index in [1.54, 1.807) is 24.5 Å². The molecular weight excluding hydrogens is 368 g/mol. The van der Waals surface area contributed by atoms with Gasteiger partial charge in [0.25, 0.3) is 15.7 Å². The van der Waals surface area contributed by atoms with Crippen molar-refractivity contribution in [3.63, 3.8) is 0 Å². The fraction of sp³-hybridized carbons (Fsp3) is 0.267. The summed E-state index contributed by atoms with van der Waals surface area (Å²) < 4.78 is 27.6. The Morgan fingerprint density at radius 1 is 1.36 bits per heavy atom. The number of rotatable bonds is 4. The quantitative estimate of drug-likeness (QED) is 0.640. The first-order valence-corrected chi connectivity index (χ1v) is 9.29. The molecule has 1 aromatic carbocycles. The third-order valence-corrected chi connectivity index (χ3v) is 6.16. The van der Waals surface area contributed by atoms with Gasteiger partial charge in [-0.05, 0) is 23.8 Å². The van der Waals surface area contributed by atoms with Gasteiger partial charge in [0.1, 0.15) is 0 Å². The second kappa shape index (κ2) is 7.04. The normalized spacial score (nSPS) is 18.8. The van der Waals surface area contributed by atoms with Crippen LogP contribution in [0.2, 0.25) is 5.02 Å². The molecule has 2 heterocycles. The summed E-state index contributed by atoms with van der Waals surface area (Å²) in [7, 11) is -4.09. The highest BCUT2D eigenvalue weighted by molar-refractivity contribution is 7.89. The van der Waals surface area contributed by atoms with Gasteiger partial charge in [-0.3, -0.25) is 15.1 Å². The maximum Gasteiger partial charge on any atom is 0.290 e. The Morgan fingerprint density at radius 3 is 2.84 bits per heavy atom. The average Bonchev–Trinajstić information content (AvgIpc) is 2.62. The molecule has 0 aliphatic carbocycles. The first-order valence-electron chi connectivity index (χ1n) is 7.47. The van der Waals surface area contributed by atoms with E-state index >= 15 is 0 Å². The van der Waals surface area contributed by atoms with E-state index in [2.05, 4.69) is 10.3 Å². The van der Waals surface area contributed by atoms with E-state index in [1.165, 1.54) is 16.4 Å². The number of nitro groups is 1. The van der Waals surface area contributed by atoms with Crippen LogP contribution in [0.15, 0.2) is 47.6 Å². The van der Waals surface area contributed by atoms with Gasteiger partial charge in [0.2, 0.25) is 0 Å². The number of nitrogens with one attached hydrogen (secondary N) is 1. The molecular formula is C15H15ClN4O4S. The lowest BCUT2D eigenvalue weighted by Gasteiger charge is -2.35. The zero-order valence-corrected chi connectivity index (χ0v) is 14.6. The molecule has 8 nitrogen and oxygen atoms in total. The Morgan fingerprint density at radius 2 is 2.16 bits per heavy atom. The Bertz CT molecular complexity index is 892. The van der Waals surface area contributed by atoms with Gasteiger partial charge < -0.3 is 5.32 Å². The molecule has 0 spiro atoms. The Kier molecular flexibility index (Phi) is 5.00. The summed E-state index contributed by atoms with van der Waals surface area (Å²) in [5.41, 5.74) is 0.186. The predicted molar refractivity (Wildman–Crippen MR) is 91.8 cm³/mol. The van der Waals surface area contributed by atoms with E-state index in [-0.39, 0.29) is 16.5 Å². The SMILES string of the molecule is O=[N+]([O-])c1cc(Cl)ccc1S(=O)(=O)N1CCNCC1c1cccnc1. The smallest absolute Gasteiger partial charge is 0.290 e. The van der Waals surface area contributed by atoms with Gasteiger partial charge in [-0.1, -0.05) is 17.7 Å². The summed E-state index contributed by atoms with van der Waals surface area (Å²) in [4.78, 5) is 14.2. The van der Waals surface area contributed by atoms with Crippen LogP contribution in [-0.4, -0.2) is 42.3 Å². The fourth-order valence-corrected chi connectivity index (χ4v) is 4.73. The summed E-state index contributed by atoms with van der Waals surface area (Å²) in [5, 5.41) is 14.5. The van der Waals surface area contributed by atoms with Gasteiger partial charge in [-0.15, -0.1) is 0 Å². The maximum atomic E-state index is 13.1. The molecule has 1 fully saturated rings. The number of sulfonamides is 1. The van der Waals surface area contributed by atoms with E-state index in [9.17, 15) is 18.5 Å². The molecule has 1 atom stereocenters. The number of aromatic nitrogens is 1. The Labute approximate surface area is 149 Å². The van der Waals surface area contributed by atoms with Crippen LogP contribution in [0.25, 0.3) is 0 Å². The van der Waals surface area contributed by atoms with Crippen LogP contribution in [0.4, 0.5) is 5.69 Å². The van der Waals surface area contributed by atoms with Crippen molar-refractivity contribution in [2.24, 2.45) is 0 Å². The molecule has 0 amide bonds. The number of nitro benzene ring substituents is 1. The lowest BCUT2D eigenvalue weighted by Crippen LogP contribution is -2.48. The van der Waals surface area contributed by atoms with E-state index in [1.807, 2.05) is 0 Å². The third kappa shape index (κ3) is 3.49. The van der Waals surface area contributed by atoms with Gasteiger partial charge in [0.05, 0.1) is 11.0 Å². The zero-order valence-electron chi connectivity index (χ0n) is 13.0. The molecule has 1 N–H and O–H groups in total. The van der Waals surface area contributed by atoms with Crippen molar-refractivity contribution in [1.29, 1.82) is 0 Å². The molecule has 0 saturated carbocycles. The van der Waals surface area contributed by atoms with Crippen LogP contribution in [0.3, 0.4) is 0 Å². The van der Waals surface area contributed by atoms with Crippen LogP contribution in [-0.2, 0) is 10.0 Å². The number of hydrogen-bond donors (Lipinski definition) is 1. The van der Waals surface area contributed by atoms with Gasteiger partial charge in [0, 0.05) is 43.1 Å². The number of halogens is 1. The van der Waals surface area contributed by atoms with Crippen molar-refractivity contribution in [2.45, 2.75) is 10.9 Å². The van der Waals surface area contributed by atoms with Crippen molar-refractivity contribution in [1.82, 2.24) is 14.6 Å². The molecule has 3 rings (SSSR count). The highest BCUT2D eigenvalue weighted by atomic mass is 35.5. The minimum Gasteiger partial charge on any atom is -0.313 e. The van der Waals surface area contributed by atoms with E-state index in [4.69, 9.17) is 11.6 Å². The summed E-state index contributed by atoms with van der Waals surface area (Å²) in [6.07, 6.45) is 3.19. The van der Waals surface area contributed by atoms with Crippen molar-refractivity contribution in [2.75, 3.05) is 19.6 Å². The number of piperazine rings is 1. The monoisotopic (exact) mass is 382 g/mol. The molecule has 1 aromatic heterocycles. The second-order valence-electron chi connectivity index (χ2n) is 5.49. The number of hydrogen-bond acceptors (Lipinski definition) is 6. The summed E-state index contributed by atoms with van der Waals surface area (Å²) >= 11 is 5.79. The Balaban J connectivity index is 2.08. The molecule has 10 heteroatoms. The fourth-order valence-electron chi connectivity index (χ4n) is 2.81.